The normalized spacial score (nSPS) is 17.7. The molecule has 0 aromatic carbocycles. The molecule has 0 aliphatic rings. The summed E-state index contributed by atoms with van der Waals surface area (Å²) in [5.41, 5.74) is 0.254. The van der Waals surface area contributed by atoms with Crippen molar-refractivity contribution in [1.82, 2.24) is 0 Å². The second-order valence-electron chi connectivity index (χ2n) is 7.96. The van der Waals surface area contributed by atoms with Gasteiger partial charge in [0.1, 0.15) is 0 Å². The van der Waals surface area contributed by atoms with Crippen LogP contribution in [0.3, 0.4) is 0 Å². The van der Waals surface area contributed by atoms with E-state index in [0.717, 1.165) is 6.42 Å². The lowest BCUT2D eigenvalue weighted by Gasteiger charge is -2.43. The summed E-state index contributed by atoms with van der Waals surface area (Å²) in [4.78, 5) is 0. The minimum absolute atomic E-state index is 0.00444. The average molecular weight is 323 g/mol. The molecule has 0 unspecified atom stereocenters. The summed E-state index contributed by atoms with van der Waals surface area (Å²) in [7, 11) is 1.36. The molecule has 0 N–H and O–H groups in total. The maximum Gasteiger partial charge on any atom is 0.333 e. The molecule has 0 aromatic heterocycles. The SMILES string of the molecule is CO[SiH](OC)[C@](S)(CC(C)(C)C)[SiH2]C(C)(C)C(C)C. The summed E-state index contributed by atoms with van der Waals surface area (Å²) in [5.74, 6) is 0.675. The Hall–Kier alpha value is 0.704. The molecule has 0 aliphatic carbocycles. The van der Waals surface area contributed by atoms with Gasteiger partial charge in [-0.25, -0.2) is 0 Å². The average Bonchev–Trinajstić information content (AvgIpc) is 2.14. The minimum Gasteiger partial charge on any atom is -0.399 e. The van der Waals surface area contributed by atoms with Gasteiger partial charge in [-0.05, 0) is 22.8 Å². The standard InChI is InChI=1S/C14H34O2SSi2/c1-11(2)13(6,7)18-14(17,10-12(3,4)5)19(15-8)16-9/h11,17,19H,10,18H2,1-9H3/t14-/m0/s1. The maximum absolute atomic E-state index is 5.71. The van der Waals surface area contributed by atoms with Gasteiger partial charge in [-0.3, -0.25) is 0 Å². The van der Waals surface area contributed by atoms with E-state index in [1.54, 1.807) is 14.2 Å². The molecule has 0 spiro atoms. The molecule has 0 rings (SSSR count). The monoisotopic (exact) mass is 322 g/mol. The predicted octanol–water partition coefficient (Wildman–Crippen LogP) is 3.12. The highest BCUT2D eigenvalue weighted by Gasteiger charge is 2.46. The van der Waals surface area contributed by atoms with Crippen LogP contribution in [0.4, 0.5) is 0 Å². The van der Waals surface area contributed by atoms with Crippen molar-refractivity contribution in [3.05, 3.63) is 0 Å². The van der Waals surface area contributed by atoms with Gasteiger partial charge in [0.25, 0.3) is 0 Å². The summed E-state index contributed by atoms with van der Waals surface area (Å²) >= 11 is 5.13. The van der Waals surface area contributed by atoms with Crippen molar-refractivity contribution in [3.63, 3.8) is 0 Å². The van der Waals surface area contributed by atoms with Gasteiger partial charge in [0, 0.05) is 27.7 Å². The molecule has 0 saturated heterocycles. The molecule has 0 aromatic rings. The number of hydrogen-bond donors (Lipinski definition) is 1. The summed E-state index contributed by atoms with van der Waals surface area (Å²) in [5, 5.41) is 0.370. The molecule has 0 fully saturated rings. The van der Waals surface area contributed by atoms with E-state index < -0.39 is 18.8 Å². The van der Waals surface area contributed by atoms with Crippen LogP contribution in [0.15, 0.2) is 0 Å². The first kappa shape index (κ1) is 19.7. The van der Waals surface area contributed by atoms with Crippen LogP contribution >= 0.6 is 12.6 Å². The molecule has 0 heterocycles. The third-order valence-electron chi connectivity index (χ3n) is 4.03. The lowest BCUT2D eigenvalue weighted by molar-refractivity contribution is 0.255. The quantitative estimate of drug-likeness (QED) is 0.573. The molecule has 0 amide bonds. The van der Waals surface area contributed by atoms with Crippen LogP contribution in [-0.4, -0.2) is 37.0 Å². The molecule has 0 radical (unpaired) electrons. The summed E-state index contributed by atoms with van der Waals surface area (Å²) < 4.78 is 11.4. The number of rotatable bonds is 7. The van der Waals surface area contributed by atoms with Crippen molar-refractivity contribution in [2.24, 2.45) is 11.3 Å². The molecular weight excluding hydrogens is 288 g/mol. The third kappa shape index (κ3) is 6.33. The van der Waals surface area contributed by atoms with Gasteiger partial charge < -0.3 is 8.85 Å². The molecule has 5 heteroatoms. The predicted molar refractivity (Wildman–Crippen MR) is 94.4 cm³/mol. The fourth-order valence-electron chi connectivity index (χ4n) is 2.68. The van der Waals surface area contributed by atoms with Crippen molar-refractivity contribution >= 4 is 31.4 Å². The van der Waals surface area contributed by atoms with Crippen LogP contribution in [-0.2, 0) is 8.85 Å². The minimum atomic E-state index is -1.74. The van der Waals surface area contributed by atoms with Gasteiger partial charge >= 0.3 is 9.28 Å². The van der Waals surface area contributed by atoms with Crippen molar-refractivity contribution in [2.45, 2.75) is 63.9 Å². The van der Waals surface area contributed by atoms with E-state index >= 15 is 0 Å². The maximum atomic E-state index is 5.71. The van der Waals surface area contributed by atoms with Crippen LogP contribution in [0.5, 0.6) is 0 Å². The Morgan fingerprint density at radius 3 is 1.74 bits per heavy atom. The van der Waals surface area contributed by atoms with Crippen LogP contribution in [0.2, 0.25) is 5.04 Å². The second-order valence-corrected chi connectivity index (χ2v) is 16.9. The first-order chi connectivity index (χ1) is 8.38. The van der Waals surface area contributed by atoms with Crippen LogP contribution in [0.25, 0.3) is 0 Å². The van der Waals surface area contributed by atoms with Gasteiger partial charge in [-0.1, -0.05) is 48.5 Å². The van der Waals surface area contributed by atoms with E-state index in [9.17, 15) is 0 Å². The summed E-state index contributed by atoms with van der Waals surface area (Å²) in [6.07, 6.45) is 1.07. The fraction of sp³-hybridized carbons (Fsp3) is 1.00. The highest BCUT2D eigenvalue weighted by atomic mass is 32.1. The van der Waals surface area contributed by atoms with E-state index in [4.69, 9.17) is 21.5 Å². The molecule has 0 bridgehead atoms. The van der Waals surface area contributed by atoms with Crippen LogP contribution in [0.1, 0.15) is 54.9 Å². The molecule has 0 saturated carbocycles. The molecule has 2 nitrogen and oxygen atoms in total. The van der Waals surface area contributed by atoms with E-state index in [2.05, 4.69) is 48.5 Å². The Morgan fingerprint density at radius 1 is 1.05 bits per heavy atom. The summed E-state index contributed by atoms with van der Waals surface area (Å²) in [6.45, 7) is 16.2. The number of thiol groups is 1. The van der Waals surface area contributed by atoms with Crippen LogP contribution in [0, 0.1) is 11.3 Å². The zero-order chi connectivity index (χ0) is 15.5. The Bertz CT molecular complexity index is 273. The first-order valence-corrected chi connectivity index (χ1v) is 10.5. The van der Waals surface area contributed by atoms with Crippen molar-refractivity contribution < 1.29 is 8.85 Å². The Morgan fingerprint density at radius 2 is 1.47 bits per heavy atom. The fourth-order valence-corrected chi connectivity index (χ4v) is 13.0. The molecule has 116 valence electrons. The first-order valence-electron chi connectivity index (χ1n) is 7.16. The van der Waals surface area contributed by atoms with Crippen molar-refractivity contribution in [1.29, 1.82) is 0 Å². The highest BCUT2D eigenvalue weighted by molar-refractivity contribution is 7.85. The largest absolute Gasteiger partial charge is 0.399 e. The van der Waals surface area contributed by atoms with Crippen molar-refractivity contribution in [2.75, 3.05) is 14.2 Å². The molecule has 19 heavy (non-hydrogen) atoms. The van der Waals surface area contributed by atoms with E-state index in [-0.39, 0.29) is 9.41 Å². The topological polar surface area (TPSA) is 18.5 Å². The zero-order valence-corrected chi connectivity index (χ0v) is 17.8. The lowest BCUT2D eigenvalue weighted by Crippen LogP contribution is -2.54. The Kier molecular flexibility index (Phi) is 7.38. The third-order valence-corrected chi connectivity index (χ3v) is 11.4. The molecule has 1 atom stereocenters. The zero-order valence-electron chi connectivity index (χ0n) is 14.3. The van der Waals surface area contributed by atoms with Crippen LogP contribution < -0.4 is 0 Å². The van der Waals surface area contributed by atoms with Gasteiger partial charge in [0.05, 0.1) is 0 Å². The molecular formula is C14H34O2SSi2. The lowest BCUT2D eigenvalue weighted by atomic mass is 9.93. The smallest absolute Gasteiger partial charge is 0.333 e. The van der Waals surface area contributed by atoms with E-state index in [1.807, 2.05) is 0 Å². The Balaban J connectivity index is 5.28. The van der Waals surface area contributed by atoms with Crippen molar-refractivity contribution in [3.8, 4) is 0 Å². The van der Waals surface area contributed by atoms with Gasteiger partial charge in [-0.15, -0.1) is 0 Å². The highest BCUT2D eigenvalue weighted by Crippen LogP contribution is 2.43. The number of hydrogen-bond acceptors (Lipinski definition) is 3. The Labute approximate surface area is 130 Å². The van der Waals surface area contributed by atoms with E-state index in [1.165, 1.54) is 0 Å². The van der Waals surface area contributed by atoms with Gasteiger partial charge in [-0.2, -0.15) is 12.6 Å². The molecule has 0 aliphatic heterocycles. The summed E-state index contributed by atoms with van der Waals surface area (Å²) in [6, 6.07) is 0. The van der Waals surface area contributed by atoms with Gasteiger partial charge in [0.2, 0.25) is 0 Å². The van der Waals surface area contributed by atoms with Gasteiger partial charge in [0.15, 0.2) is 0 Å². The van der Waals surface area contributed by atoms with E-state index in [0.29, 0.717) is 11.0 Å². The second kappa shape index (κ2) is 7.12.